The Bertz CT molecular complexity index is 480. The molecule has 0 saturated carbocycles. The Hall–Kier alpha value is -0.640. The minimum atomic E-state index is -0.218. The van der Waals surface area contributed by atoms with E-state index in [1.165, 1.54) is 6.07 Å². The Labute approximate surface area is 132 Å². The monoisotopic (exact) mass is 313 g/mol. The molecule has 1 aromatic rings. The maximum absolute atomic E-state index is 14.1. The van der Waals surface area contributed by atoms with Crippen LogP contribution in [-0.4, -0.2) is 25.8 Å². The molecular formula is C17H25ClFNO. The van der Waals surface area contributed by atoms with E-state index in [-0.39, 0.29) is 17.3 Å². The molecule has 0 aromatic heterocycles. The van der Waals surface area contributed by atoms with Gasteiger partial charge in [-0.2, -0.15) is 0 Å². The van der Waals surface area contributed by atoms with Gasteiger partial charge in [-0.25, -0.2) is 4.39 Å². The molecule has 0 bridgehead atoms. The van der Waals surface area contributed by atoms with E-state index in [4.69, 9.17) is 16.3 Å². The third-order valence-electron chi connectivity index (χ3n) is 4.42. The molecule has 1 aliphatic rings. The third kappa shape index (κ3) is 4.18. The summed E-state index contributed by atoms with van der Waals surface area (Å²) >= 11 is 5.84. The van der Waals surface area contributed by atoms with E-state index in [9.17, 15) is 4.39 Å². The highest BCUT2D eigenvalue weighted by Crippen LogP contribution is 2.38. The fraction of sp³-hybridized carbons (Fsp3) is 0.647. The van der Waals surface area contributed by atoms with Gasteiger partial charge in [0.1, 0.15) is 5.82 Å². The predicted octanol–water partition coefficient (Wildman–Crippen LogP) is 4.06. The second-order valence-electron chi connectivity index (χ2n) is 6.56. The van der Waals surface area contributed by atoms with Crippen molar-refractivity contribution < 1.29 is 9.13 Å². The zero-order valence-electron chi connectivity index (χ0n) is 13.1. The Morgan fingerprint density at radius 2 is 2.24 bits per heavy atom. The molecule has 0 spiro atoms. The van der Waals surface area contributed by atoms with E-state index in [1.807, 2.05) is 0 Å². The smallest absolute Gasteiger partial charge is 0.127 e. The van der Waals surface area contributed by atoms with Crippen LogP contribution in [0.1, 0.15) is 32.8 Å². The van der Waals surface area contributed by atoms with Crippen LogP contribution in [0.15, 0.2) is 18.2 Å². The summed E-state index contributed by atoms with van der Waals surface area (Å²) in [5.74, 6) is 0.386. The highest BCUT2D eigenvalue weighted by Gasteiger charge is 2.41. The van der Waals surface area contributed by atoms with Gasteiger partial charge in [0.15, 0.2) is 0 Å². The molecule has 21 heavy (non-hydrogen) atoms. The van der Waals surface area contributed by atoms with E-state index >= 15 is 0 Å². The summed E-state index contributed by atoms with van der Waals surface area (Å²) in [6.45, 7) is 9.05. The summed E-state index contributed by atoms with van der Waals surface area (Å²) < 4.78 is 19.9. The zero-order chi connectivity index (χ0) is 15.5. The van der Waals surface area contributed by atoms with Crippen LogP contribution in [0.5, 0.6) is 0 Å². The summed E-state index contributed by atoms with van der Waals surface area (Å²) in [7, 11) is 0. The second kappa shape index (κ2) is 7.08. The van der Waals surface area contributed by atoms with E-state index < -0.39 is 0 Å². The maximum atomic E-state index is 14.1. The van der Waals surface area contributed by atoms with Crippen molar-refractivity contribution in [3.8, 4) is 0 Å². The largest absolute Gasteiger partial charge is 0.378 e. The normalized spacial score (nSPS) is 25.7. The van der Waals surface area contributed by atoms with Crippen molar-refractivity contribution in [2.24, 2.45) is 11.3 Å². The van der Waals surface area contributed by atoms with Crippen molar-refractivity contribution >= 4 is 11.6 Å². The Balaban J connectivity index is 2.12. The number of halogens is 2. The van der Waals surface area contributed by atoms with Crippen LogP contribution in [0.4, 0.5) is 4.39 Å². The Kier molecular flexibility index (Phi) is 5.64. The molecule has 0 aliphatic carbocycles. The summed E-state index contributed by atoms with van der Waals surface area (Å²) in [6.07, 6.45) is 1.77. The Morgan fingerprint density at radius 3 is 2.81 bits per heavy atom. The molecule has 1 N–H and O–H groups in total. The molecular weight excluding hydrogens is 289 g/mol. The average molecular weight is 314 g/mol. The molecule has 1 heterocycles. The number of ether oxygens (including phenoxy) is 1. The van der Waals surface area contributed by atoms with Crippen LogP contribution in [0.25, 0.3) is 0 Å². The fourth-order valence-electron chi connectivity index (χ4n) is 3.00. The summed E-state index contributed by atoms with van der Waals surface area (Å²) in [5, 5.41) is 3.96. The van der Waals surface area contributed by atoms with E-state index in [0.717, 1.165) is 31.7 Å². The van der Waals surface area contributed by atoms with Crippen LogP contribution in [0.3, 0.4) is 0 Å². The van der Waals surface area contributed by atoms with Crippen molar-refractivity contribution in [1.29, 1.82) is 0 Å². The van der Waals surface area contributed by atoms with Crippen LogP contribution in [0.2, 0.25) is 5.02 Å². The third-order valence-corrected chi connectivity index (χ3v) is 4.65. The molecule has 0 radical (unpaired) electrons. The van der Waals surface area contributed by atoms with Gasteiger partial charge in [0.2, 0.25) is 0 Å². The Morgan fingerprint density at radius 1 is 1.48 bits per heavy atom. The van der Waals surface area contributed by atoms with E-state index in [1.54, 1.807) is 12.1 Å². The summed E-state index contributed by atoms with van der Waals surface area (Å²) in [4.78, 5) is 0. The lowest BCUT2D eigenvalue weighted by atomic mass is 9.76. The van der Waals surface area contributed by atoms with Gasteiger partial charge in [-0.3, -0.25) is 0 Å². The van der Waals surface area contributed by atoms with Gasteiger partial charge in [-0.05, 0) is 49.9 Å². The van der Waals surface area contributed by atoms with Gasteiger partial charge in [-0.15, -0.1) is 0 Å². The lowest BCUT2D eigenvalue weighted by Crippen LogP contribution is -2.42. The van der Waals surface area contributed by atoms with Gasteiger partial charge in [0, 0.05) is 23.6 Å². The first-order chi connectivity index (χ1) is 9.93. The van der Waals surface area contributed by atoms with Gasteiger partial charge in [0.05, 0.1) is 6.10 Å². The van der Waals surface area contributed by atoms with Crippen molar-refractivity contribution in [1.82, 2.24) is 5.32 Å². The lowest BCUT2D eigenvalue weighted by Gasteiger charge is -2.33. The highest BCUT2D eigenvalue weighted by molar-refractivity contribution is 6.30. The number of rotatable bonds is 6. The van der Waals surface area contributed by atoms with Crippen molar-refractivity contribution in [3.05, 3.63) is 34.6 Å². The number of hydrogen-bond donors (Lipinski definition) is 1. The maximum Gasteiger partial charge on any atom is 0.127 e. The lowest BCUT2D eigenvalue weighted by molar-refractivity contribution is 0.0623. The quantitative estimate of drug-likeness (QED) is 0.855. The van der Waals surface area contributed by atoms with Crippen LogP contribution >= 0.6 is 11.6 Å². The molecule has 2 nitrogen and oxygen atoms in total. The molecule has 1 aliphatic heterocycles. The first-order valence-electron chi connectivity index (χ1n) is 7.69. The molecule has 1 aromatic carbocycles. The minimum Gasteiger partial charge on any atom is -0.378 e. The van der Waals surface area contributed by atoms with Crippen molar-refractivity contribution in [2.45, 2.75) is 39.7 Å². The number of hydrogen-bond acceptors (Lipinski definition) is 2. The standard InChI is InChI=1S/C17H25ClFNO/c1-12(2)10-20-11-17(6-7-21-13(17)3)9-14-4-5-15(18)8-16(14)19/h4-5,8,12-13,20H,6-7,9-11H2,1-3H3. The van der Waals surface area contributed by atoms with Crippen LogP contribution in [-0.2, 0) is 11.2 Å². The topological polar surface area (TPSA) is 21.3 Å². The van der Waals surface area contributed by atoms with E-state index in [2.05, 4.69) is 26.1 Å². The van der Waals surface area contributed by atoms with Gasteiger partial charge in [0.25, 0.3) is 0 Å². The summed E-state index contributed by atoms with van der Waals surface area (Å²) in [5.41, 5.74) is 0.687. The van der Waals surface area contributed by atoms with Gasteiger partial charge in [-0.1, -0.05) is 31.5 Å². The molecule has 4 heteroatoms. The first kappa shape index (κ1) is 16.7. The van der Waals surface area contributed by atoms with Crippen molar-refractivity contribution in [3.63, 3.8) is 0 Å². The number of benzene rings is 1. The average Bonchev–Trinajstić information content (AvgIpc) is 2.74. The number of nitrogens with one attached hydrogen (secondary N) is 1. The van der Waals surface area contributed by atoms with Gasteiger partial charge < -0.3 is 10.1 Å². The predicted molar refractivity (Wildman–Crippen MR) is 85.3 cm³/mol. The minimum absolute atomic E-state index is 0.0381. The molecule has 118 valence electrons. The fourth-order valence-corrected chi connectivity index (χ4v) is 3.16. The summed E-state index contributed by atoms with van der Waals surface area (Å²) in [6, 6.07) is 4.95. The van der Waals surface area contributed by atoms with Crippen LogP contribution in [0, 0.1) is 17.2 Å². The second-order valence-corrected chi connectivity index (χ2v) is 7.00. The van der Waals surface area contributed by atoms with Crippen molar-refractivity contribution in [2.75, 3.05) is 19.7 Å². The molecule has 1 fully saturated rings. The molecule has 2 atom stereocenters. The zero-order valence-corrected chi connectivity index (χ0v) is 13.8. The molecule has 1 saturated heterocycles. The SMILES string of the molecule is CC(C)CNCC1(Cc2ccc(Cl)cc2F)CCOC1C. The van der Waals surface area contributed by atoms with Crippen LogP contribution < -0.4 is 5.32 Å². The molecule has 0 amide bonds. The van der Waals surface area contributed by atoms with Gasteiger partial charge >= 0.3 is 0 Å². The molecule has 2 rings (SSSR count). The highest BCUT2D eigenvalue weighted by atomic mass is 35.5. The molecule has 2 unspecified atom stereocenters. The van der Waals surface area contributed by atoms with E-state index in [0.29, 0.717) is 17.4 Å². The first-order valence-corrected chi connectivity index (χ1v) is 8.07.